The molecule has 168 valence electrons. The number of amides is 1. The molecule has 0 spiro atoms. The van der Waals surface area contributed by atoms with E-state index in [0.717, 1.165) is 66.5 Å². The maximum absolute atomic E-state index is 13.5. The number of aliphatic carboxylic acids is 1. The van der Waals surface area contributed by atoms with E-state index < -0.39 is 23.8 Å². The first-order valence-corrected chi connectivity index (χ1v) is 12.2. The van der Waals surface area contributed by atoms with E-state index in [4.69, 9.17) is 4.74 Å². The Labute approximate surface area is 187 Å². The number of carboxylic acids is 1. The number of rotatable bonds is 5. The SMILES string of the molecule is CCOC(=O)c1c(NC(=O)C2C3CCC(C3=C(C)C)C2C(=O)O)sc2c1CCCCC2. The summed E-state index contributed by atoms with van der Waals surface area (Å²) in [6.07, 6.45) is 6.59. The number of hydrogen-bond acceptors (Lipinski definition) is 5. The second-order valence-corrected chi connectivity index (χ2v) is 10.2. The van der Waals surface area contributed by atoms with Gasteiger partial charge in [-0.25, -0.2) is 4.79 Å². The third-order valence-electron chi connectivity index (χ3n) is 7.14. The molecule has 3 aliphatic rings. The molecule has 6 nitrogen and oxygen atoms in total. The molecule has 2 saturated carbocycles. The van der Waals surface area contributed by atoms with Crippen LogP contribution < -0.4 is 5.32 Å². The highest BCUT2D eigenvalue weighted by Crippen LogP contribution is 2.57. The molecule has 0 aliphatic heterocycles. The van der Waals surface area contributed by atoms with E-state index in [2.05, 4.69) is 5.32 Å². The number of carboxylic acid groups (broad SMARTS) is 1. The number of allylic oxidation sites excluding steroid dienone is 2. The average molecular weight is 446 g/mol. The molecule has 31 heavy (non-hydrogen) atoms. The lowest BCUT2D eigenvalue weighted by molar-refractivity contribution is -0.148. The Morgan fingerprint density at radius 1 is 1.06 bits per heavy atom. The fourth-order valence-corrected chi connectivity index (χ4v) is 7.33. The summed E-state index contributed by atoms with van der Waals surface area (Å²) >= 11 is 1.46. The average Bonchev–Trinajstić information content (AvgIpc) is 3.32. The molecule has 0 saturated heterocycles. The van der Waals surface area contributed by atoms with Crippen molar-refractivity contribution >= 4 is 34.2 Å². The molecule has 2 fully saturated rings. The van der Waals surface area contributed by atoms with Crippen molar-refractivity contribution in [3.05, 3.63) is 27.2 Å². The van der Waals surface area contributed by atoms with Gasteiger partial charge in [0.25, 0.3) is 0 Å². The summed E-state index contributed by atoms with van der Waals surface area (Å²) < 4.78 is 5.31. The van der Waals surface area contributed by atoms with Crippen LogP contribution in [0.2, 0.25) is 0 Å². The highest BCUT2D eigenvalue weighted by Gasteiger charge is 2.57. The van der Waals surface area contributed by atoms with Crippen LogP contribution in [0.1, 0.15) is 73.7 Å². The molecule has 4 rings (SSSR count). The first-order valence-electron chi connectivity index (χ1n) is 11.4. The standard InChI is InChI=1S/C24H31NO5S/c1-4-30-24(29)20-13-8-6-5-7-9-16(13)31-22(20)25-21(26)18-14-10-11-15(17(14)12(2)3)19(18)23(27)28/h14-15,18-19H,4-11H2,1-3H3,(H,25,26)(H,27,28). The van der Waals surface area contributed by atoms with Gasteiger partial charge in [0, 0.05) is 4.88 Å². The summed E-state index contributed by atoms with van der Waals surface area (Å²) in [4.78, 5) is 39.5. The Kier molecular flexibility index (Phi) is 6.24. The zero-order valence-corrected chi connectivity index (χ0v) is 19.3. The van der Waals surface area contributed by atoms with Crippen LogP contribution in [0.3, 0.4) is 0 Å². The normalized spacial score (nSPS) is 26.9. The van der Waals surface area contributed by atoms with Gasteiger partial charge in [-0.3, -0.25) is 9.59 Å². The molecule has 2 bridgehead atoms. The van der Waals surface area contributed by atoms with Gasteiger partial charge in [-0.1, -0.05) is 17.6 Å². The molecule has 4 atom stereocenters. The van der Waals surface area contributed by atoms with Crippen molar-refractivity contribution in [2.24, 2.45) is 23.7 Å². The summed E-state index contributed by atoms with van der Waals surface area (Å²) in [6, 6.07) is 0. The van der Waals surface area contributed by atoms with Crippen molar-refractivity contribution in [3.63, 3.8) is 0 Å². The topological polar surface area (TPSA) is 92.7 Å². The predicted molar refractivity (Wildman–Crippen MR) is 119 cm³/mol. The van der Waals surface area contributed by atoms with Crippen LogP contribution in [0.5, 0.6) is 0 Å². The van der Waals surface area contributed by atoms with Gasteiger partial charge < -0.3 is 15.2 Å². The molecule has 1 aromatic heterocycles. The van der Waals surface area contributed by atoms with Crippen molar-refractivity contribution in [1.82, 2.24) is 0 Å². The Bertz CT molecular complexity index is 942. The fourth-order valence-electron chi connectivity index (χ4n) is 6.05. The molecular formula is C24H31NO5S. The van der Waals surface area contributed by atoms with Gasteiger partial charge in [0.1, 0.15) is 5.00 Å². The third kappa shape index (κ3) is 3.81. The quantitative estimate of drug-likeness (QED) is 0.385. The van der Waals surface area contributed by atoms with Gasteiger partial charge >= 0.3 is 11.9 Å². The number of carbonyl (C=O) groups excluding carboxylic acids is 2. The Morgan fingerprint density at radius 3 is 2.39 bits per heavy atom. The van der Waals surface area contributed by atoms with Gasteiger partial charge in [0.15, 0.2) is 0 Å². The second-order valence-electron chi connectivity index (χ2n) is 9.11. The minimum absolute atomic E-state index is 0.0278. The maximum atomic E-state index is 13.5. The maximum Gasteiger partial charge on any atom is 0.341 e. The monoisotopic (exact) mass is 445 g/mol. The molecule has 4 unspecified atom stereocenters. The minimum Gasteiger partial charge on any atom is -0.481 e. The van der Waals surface area contributed by atoms with Crippen molar-refractivity contribution in [2.45, 2.75) is 65.7 Å². The fraction of sp³-hybridized carbons (Fsp3) is 0.625. The largest absolute Gasteiger partial charge is 0.481 e. The number of anilines is 1. The lowest BCUT2D eigenvalue weighted by Crippen LogP contribution is -2.38. The van der Waals surface area contributed by atoms with Crippen LogP contribution in [-0.2, 0) is 27.2 Å². The number of thiophene rings is 1. The molecule has 0 radical (unpaired) electrons. The van der Waals surface area contributed by atoms with Crippen molar-refractivity contribution < 1.29 is 24.2 Å². The summed E-state index contributed by atoms with van der Waals surface area (Å²) in [6.45, 7) is 6.06. The first-order chi connectivity index (χ1) is 14.8. The number of carbonyl (C=O) groups is 3. The smallest absolute Gasteiger partial charge is 0.341 e. The van der Waals surface area contributed by atoms with Crippen molar-refractivity contribution in [2.75, 3.05) is 11.9 Å². The molecule has 1 amide bonds. The van der Waals surface area contributed by atoms with Crippen LogP contribution in [-0.4, -0.2) is 29.6 Å². The van der Waals surface area contributed by atoms with Crippen LogP contribution in [0.25, 0.3) is 0 Å². The summed E-state index contributed by atoms with van der Waals surface area (Å²) in [5, 5.41) is 13.4. The van der Waals surface area contributed by atoms with Gasteiger partial charge in [0.2, 0.25) is 5.91 Å². The van der Waals surface area contributed by atoms with E-state index in [1.165, 1.54) is 11.3 Å². The van der Waals surface area contributed by atoms with E-state index in [1.54, 1.807) is 6.92 Å². The van der Waals surface area contributed by atoms with Gasteiger partial charge in [-0.2, -0.15) is 0 Å². The first kappa shape index (κ1) is 22.1. The minimum atomic E-state index is -0.904. The molecule has 1 aromatic rings. The number of ether oxygens (including phenoxy) is 1. The lowest BCUT2D eigenvalue weighted by atomic mass is 9.78. The number of aryl methyl sites for hydroxylation is 1. The van der Waals surface area contributed by atoms with Crippen LogP contribution in [0.4, 0.5) is 5.00 Å². The zero-order chi connectivity index (χ0) is 22.3. The van der Waals surface area contributed by atoms with E-state index in [1.807, 2.05) is 13.8 Å². The molecule has 7 heteroatoms. The summed E-state index contributed by atoms with van der Waals surface area (Å²) in [5.41, 5.74) is 3.77. The molecule has 0 aromatic carbocycles. The summed E-state index contributed by atoms with van der Waals surface area (Å²) in [5.74, 6) is -2.97. The van der Waals surface area contributed by atoms with Crippen LogP contribution in [0.15, 0.2) is 11.1 Å². The molecule has 3 aliphatic carbocycles. The molecule has 1 heterocycles. The Hall–Kier alpha value is -2.15. The molecular weight excluding hydrogens is 414 g/mol. The van der Waals surface area contributed by atoms with Gasteiger partial charge in [0.05, 0.1) is 24.0 Å². The van der Waals surface area contributed by atoms with E-state index in [9.17, 15) is 19.5 Å². The van der Waals surface area contributed by atoms with Crippen molar-refractivity contribution in [3.8, 4) is 0 Å². The number of esters is 1. The van der Waals surface area contributed by atoms with Gasteiger partial charge in [-0.05, 0) is 76.7 Å². The van der Waals surface area contributed by atoms with Crippen molar-refractivity contribution in [1.29, 1.82) is 0 Å². The highest BCUT2D eigenvalue weighted by atomic mass is 32.1. The highest BCUT2D eigenvalue weighted by molar-refractivity contribution is 7.17. The summed E-state index contributed by atoms with van der Waals surface area (Å²) in [7, 11) is 0. The van der Waals surface area contributed by atoms with Crippen LogP contribution in [0, 0.1) is 23.7 Å². The van der Waals surface area contributed by atoms with E-state index in [-0.39, 0.29) is 24.3 Å². The van der Waals surface area contributed by atoms with E-state index >= 15 is 0 Å². The van der Waals surface area contributed by atoms with E-state index in [0.29, 0.717) is 10.6 Å². The number of nitrogens with one attached hydrogen (secondary N) is 1. The Morgan fingerprint density at radius 2 is 1.74 bits per heavy atom. The van der Waals surface area contributed by atoms with Crippen LogP contribution >= 0.6 is 11.3 Å². The lowest BCUT2D eigenvalue weighted by Gasteiger charge is -2.26. The molecule has 2 N–H and O–H groups in total. The van der Waals surface area contributed by atoms with Gasteiger partial charge in [-0.15, -0.1) is 11.3 Å². The predicted octanol–water partition coefficient (Wildman–Crippen LogP) is 4.83. The third-order valence-corrected chi connectivity index (χ3v) is 8.35. The number of hydrogen-bond donors (Lipinski definition) is 2. The second kappa shape index (κ2) is 8.77. The Balaban J connectivity index is 1.68. The number of fused-ring (bicyclic) bond motifs is 3. The zero-order valence-electron chi connectivity index (χ0n) is 18.5.